The summed E-state index contributed by atoms with van der Waals surface area (Å²) in [5.41, 5.74) is 0. The fourth-order valence-corrected chi connectivity index (χ4v) is 2.07. The Bertz CT molecular complexity index is 123. The Morgan fingerprint density at radius 3 is 2.69 bits per heavy atom. The number of hydrogen-bond donors (Lipinski definition) is 0. The zero-order chi connectivity index (χ0) is 9.52. The van der Waals surface area contributed by atoms with Gasteiger partial charge in [0.05, 0.1) is 6.10 Å². The molecule has 0 heterocycles. The molecule has 0 radical (unpaired) electrons. The Morgan fingerprint density at radius 2 is 2.15 bits per heavy atom. The SMILES string of the molecule is CCCCCOC(CCBr)C1CC1. The standard InChI is InChI=1S/C11H21BrO/c1-2-3-4-9-13-11(7-8-12)10-5-6-10/h10-11H,2-9H2,1H3. The minimum absolute atomic E-state index is 0.552. The van der Waals surface area contributed by atoms with Crippen molar-refractivity contribution in [1.29, 1.82) is 0 Å². The van der Waals surface area contributed by atoms with Crippen LogP contribution in [0.25, 0.3) is 0 Å². The normalized spacial score (nSPS) is 18.9. The molecule has 1 saturated carbocycles. The van der Waals surface area contributed by atoms with Gasteiger partial charge in [0.25, 0.3) is 0 Å². The quantitative estimate of drug-likeness (QED) is 0.470. The highest BCUT2D eigenvalue weighted by Crippen LogP contribution is 2.36. The number of rotatable bonds is 8. The third-order valence-corrected chi connectivity index (χ3v) is 3.08. The molecule has 78 valence electrons. The van der Waals surface area contributed by atoms with Crippen molar-refractivity contribution in [2.24, 2.45) is 5.92 Å². The van der Waals surface area contributed by atoms with Crippen molar-refractivity contribution < 1.29 is 4.74 Å². The largest absolute Gasteiger partial charge is 0.378 e. The molecule has 1 unspecified atom stereocenters. The Kier molecular flexibility index (Phi) is 6.05. The minimum Gasteiger partial charge on any atom is -0.378 e. The van der Waals surface area contributed by atoms with Gasteiger partial charge in [-0.25, -0.2) is 0 Å². The molecule has 2 heteroatoms. The van der Waals surface area contributed by atoms with Crippen LogP contribution in [0, 0.1) is 5.92 Å². The summed E-state index contributed by atoms with van der Waals surface area (Å²) in [6.07, 6.45) is 8.37. The van der Waals surface area contributed by atoms with Crippen molar-refractivity contribution in [3.8, 4) is 0 Å². The summed E-state index contributed by atoms with van der Waals surface area (Å²) < 4.78 is 5.88. The highest BCUT2D eigenvalue weighted by Gasteiger charge is 2.31. The summed E-state index contributed by atoms with van der Waals surface area (Å²) >= 11 is 3.49. The molecule has 0 spiro atoms. The highest BCUT2D eigenvalue weighted by atomic mass is 79.9. The molecule has 1 atom stereocenters. The lowest BCUT2D eigenvalue weighted by Crippen LogP contribution is -2.16. The summed E-state index contributed by atoms with van der Waals surface area (Å²) in [4.78, 5) is 0. The molecule has 0 bridgehead atoms. The first-order chi connectivity index (χ1) is 6.38. The van der Waals surface area contributed by atoms with Crippen LogP contribution in [-0.2, 0) is 4.74 Å². The van der Waals surface area contributed by atoms with Crippen LogP contribution in [0.5, 0.6) is 0 Å². The fourth-order valence-electron chi connectivity index (χ4n) is 1.62. The lowest BCUT2D eigenvalue weighted by Gasteiger charge is -2.15. The minimum atomic E-state index is 0.552. The van der Waals surface area contributed by atoms with E-state index in [2.05, 4.69) is 22.9 Å². The maximum Gasteiger partial charge on any atom is 0.0611 e. The van der Waals surface area contributed by atoms with Crippen molar-refractivity contribution in [3.05, 3.63) is 0 Å². The zero-order valence-corrected chi connectivity index (χ0v) is 10.2. The van der Waals surface area contributed by atoms with Gasteiger partial charge >= 0.3 is 0 Å². The van der Waals surface area contributed by atoms with Crippen LogP contribution < -0.4 is 0 Å². The Labute approximate surface area is 90.4 Å². The molecule has 0 aromatic rings. The summed E-state index contributed by atoms with van der Waals surface area (Å²) in [5, 5.41) is 1.09. The van der Waals surface area contributed by atoms with Gasteiger partial charge in [-0.3, -0.25) is 0 Å². The predicted octanol–water partition coefficient (Wildman–Crippen LogP) is 3.76. The van der Waals surface area contributed by atoms with E-state index in [1.54, 1.807) is 0 Å². The Morgan fingerprint density at radius 1 is 1.38 bits per heavy atom. The molecule has 1 rings (SSSR count). The van der Waals surface area contributed by atoms with Gasteiger partial charge in [-0.15, -0.1) is 0 Å². The first-order valence-electron chi connectivity index (χ1n) is 5.56. The molecule has 1 aliphatic carbocycles. The first-order valence-corrected chi connectivity index (χ1v) is 6.68. The molecule has 1 fully saturated rings. The van der Waals surface area contributed by atoms with Gasteiger partial charge in [-0.05, 0) is 31.6 Å². The van der Waals surface area contributed by atoms with Crippen LogP contribution in [0.15, 0.2) is 0 Å². The van der Waals surface area contributed by atoms with Crippen LogP contribution in [0.3, 0.4) is 0 Å². The van der Waals surface area contributed by atoms with Gasteiger partial charge in [0, 0.05) is 11.9 Å². The van der Waals surface area contributed by atoms with Crippen LogP contribution in [0.1, 0.15) is 45.4 Å². The molecule has 1 nitrogen and oxygen atoms in total. The molecule has 0 aliphatic heterocycles. The van der Waals surface area contributed by atoms with E-state index in [1.807, 2.05) is 0 Å². The van der Waals surface area contributed by atoms with Gasteiger partial charge in [-0.1, -0.05) is 35.7 Å². The Hall–Kier alpha value is 0.440. The fraction of sp³-hybridized carbons (Fsp3) is 1.00. The van der Waals surface area contributed by atoms with E-state index >= 15 is 0 Å². The molecule has 0 aromatic heterocycles. The van der Waals surface area contributed by atoms with E-state index in [4.69, 9.17) is 4.74 Å². The molecule has 0 N–H and O–H groups in total. The van der Waals surface area contributed by atoms with Crippen molar-refractivity contribution in [2.75, 3.05) is 11.9 Å². The van der Waals surface area contributed by atoms with Gasteiger partial charge in [0.1, 0.15) is 0 Å². The van der Waals surface area contributed by atoms with Crippen molar-refractivity contribution in [2.45, 2.75) is 51.6 Å². The van der Waals surface area contributed by atoms with Crippen molar-refractivity contribution >= 4 is 15.9 Å². The van der Waals surface area contributed by atoms with Crippen LogP contribution in [0.4, 0.5) is 0 Å². The molecule has 13 heavy (non-hydrogen) atoms. The van der Waals surface area contributed by atoms with Crippen LogP contribution in [-0.4, -0.2) is 18.0 Å². The number of halogens is 1. The molecule has 0 amide bonds. The summed E-state index contributed by atoms with van der Waals surface area (Å²) in [5.74, 6) is 0.888. The molecular weight excluding hydrogens is 228 g/mol. The van der Waals surface area contributed by atoms with Crippen LogP contribution >= 0.6 is 15.9 Å². The third kappa shape index (κ3) is 5.02. The van der Waals surface area contributed by atoms with E-state index in [-0.39, 0.29) is 0 Å². The average molecular weight is 249 g/mol. The number of hydrogen-bond acceptors (Lipinski definition) is 1. The summed E-state index contributed by atoms with van der Waals surface area (Å²) in [6.45, 7) is 3.21. The molecule has 0 saturated heterocycles. The van der Waals surface area contributed by atoms with Crippen LogP contribution in [0.2, 0.25) is 0 Å². The van der Waals surface area contributed by atoms with Crippen molar-refractivity contribution in [3.63, 3.8) is 0 Å². The number of unbranched alkanes of at least 4 members (excludes halogenated alkanes) is 2. The topological polar surface area (TPSA) is 9.23 Å². The summed E-state index contributed by atoms with van der Waals surface area (Å²) in [7, 11) is 0. The molecule has 0 aromatic carbocycles. The second-order valence-electron chi connectivity index (χ2n) is 3.93. The molecular formula is C11H21BrO. The molecule has 1 aliphatic rings. The first kappa shape index (κ1) is 11.5. The highest BCUT2D eigenvalue weighted by molar-refractivity contribution is 9.09. The lowest BCUT2D eigenvalue weighted by atomic mass is 10.2. The van der Waals surface area contributed by atoms with Gasteiger partial charge in [0.2, 0.25) is 0 Å². The second-order valence-corrected chi connectivity index (χ2v) is 4.72. The monoisotopic (exact) mass is 248 g/mol. The average Bonchev–Trinajstić information content (AvgIpc) is 2.93. The Balaban J connectivity index is 2.00. The second kappa shape index (κ2) is 6.83. The lowest BCUT2D eigenvalue weighted by molar-refractivity contribution is 0.0345. The van der Waals surface area contributed by atoms with Crippen molar-refractivity contribution in [1.82, 2.24) is 0 Å². The van der Waals surface area contributed by atoms with E-state index in [0.29, 0.717) is 6.10 Å². The smallest absolute Gasteiger partial charge is 0.0611 e. The predicted molar refractivity (Wildman–Crippen MR) is 60.4 cm³/mol. The number of alkyl halides is 1. The third-order valence-electron chi connectivity index (χ3n) is 2.62. The van der Waals surface area contributed by atoms with E-state index in [1.165, 1.54) is 38.5 Å². The zero-order valence-electron chi connectivity index (χ0n) is 8.60. The summed E-state index contributed by atoms with van der Waals surface area (Å²) in [6, 6.07) is 0. The van der Waals surface area contributed by atoms with Gasteiger partial charge in [0.15, 0.2) is 0 Å². The number of ether oxygens (including phenoxy) is 1. The van der Waals surface area contributed by atoms with Gasteiger partial charge < -0.3 is 4.74 Å². The van der Waals surface area contributed by atoms with E-state index in [9.17, 15) is 0 Å². The van der Waals surface area contributed by atoms with E-state index < -0.39 is 0 Å². The maximum absolute atomic E-state index is 5.88. The maximum atomic E-state index is 5.88. The van der Waals surface area contributed by atoms with E-state index in [0.717, 1.165) is 17.9 Å². The van der Waals surface area contributed by atoms with Gasteiger partial charge in [-0.2, -0.15) is 0 Å².